The van der Waals surface area contributed by atoms with Crippen LogP contribution in [0.25, 0.3) is 0 Å². The Morgan fingerprint density at radius 2 is 2.16 bits per heavy atom. The molecule has 2 unspecified atom stereocenters. The first kappa shape index (κ1) is 13.6. The van der Waals surface area contributed by atoms with Crippen LogP contribution in [-0.2, 0) is 4.74 Å². The third kappa shape index (κ3) is 2.61. The third-order valence-electron chi connectivity index (χ3n) is 5.06. The average molecular weight is 279 g/mol. The molecule has 0 bridgehead atoms. The van der Waals surface area contributed by atoms with Crippen molar-refractivity contribution in [2.75, 3.05) is 13.7 Å². The van der Waals surface area contributed by atoms with Crippen molar-refractivity contribution >= 4 is 11.3 Å². The van der Waals surface area contributed by atoms with E-state index in [2.05, 4.69) is 30.0 Å². The lowest BCUT2D eigenvalue weighted by atomic mass is 9.78. The van der Waals surface area contributed by atoms with Crippen LogP contribution in [0.1, 0.15) is 55.7 Å². The fraction of sp³-hybridized carbons (Fsp3) is 0.750. The molecular formula is C16H25NOS. The monoisotopic (exact) mass is 279 g/mol. The first-order valence-corrected chi connectivity index (χ1v) is 8.52. The Morgan fingerprint density at radius 1 is 1.37 bits per heavy atom. The molecule has 3 rings (SSSR count). The minimum Gasteiger partial charge on any atom is -0.375 e. The fourth-order valence-electron chi connectivity index (χ4n) is 4.05. The summed E-state index contributed by atoms with van der Waals surface area (Å²) in [5.74, 6) is 0.727. The molecule has 0 radical (unpaired) electrons. The highest BCUT2D eigenvalue weighted by atomic mass is 32.1. The van der Waals surface area contributed by atoms with Gasteiger partial charge in [-0.1, -0.05) is 12.8 Å². The number of rotatable bonds is 3. The van der Waals surface area contributed by atoms with Crippen LogP contribution in [0.3, 0.4) is 0 Å². The van der Waals surface area contributed by atoms with E-state index in [1.165, 1.54) is 49.7 Å². The van der Waals surface area contributed by atoms with E-state index in [4.69, 9.17) is 4.74 Å². The van der Waals surface area contributed by atoms with Crippen molar-refractivity contribution in [3.05, 3.63) is 21.9 Å². The molecule has 1 N–H and O–H groups in total. The topological polar surface area (TPSA) is 21.3 Å². The number of thiophene rings is 1. The molecule has 2 atom stereocenters. The van der Waals surface area contributed by atoms with E-state index >= 15 is 0 Å². The van der Waals surface area contributed by atoms with Gasteiger partial charge in [-0.25, -0.2) is 0 Å². The molecule has 1 aromatic rings. The number of nitrogens with one attached hydrogen (secondary N) is 1. The van der Waals surface area contributed by atoms with Gasteiger partial charge in [0.25, 0.3) is 0 Å². The summed E-state index contributed by atoms with van der Waals surface area (Å²) in [6.45, 7) is 3.19. The Bertz CT molecular complexity index is 422. The summed E-state index contributed by atoms with van der Waals surface area (Å²) < 4.78 is 6.17. The first-order valence-electron chi connectivity index (χ1n) is 7.58. The number of ether oxygens (including phenoxy) is 1. The molecule has 3 heteroatoms. The highest BCUT2D eigenvalue weighted by Crippen LogP contribution is 2.45. The van der Waals surface area contributed by atoms with Gasteiger partial charge in [0.15, 0.2) is 0 Å². The zero-order valence-electron chi connectivity index (χ0n) is 12.1. The second-order valence-corrected chi connectivity index (χ2v) is 7.01. The molecule has 1 aliphatic heterocycles. The number of hydrogen-bond donors (Lipinski definition) is 1. The Kier molecular flexibility index (Phi) is 3.97. The van der Waals surface area contributed by atoms with E-state index in [0.717, 1.165) is 12.5 Å². The molecule has 1 aliphatic carbocycles. The molecule has 2 nitrogen and oxygen atoms in total. The zero-order chi connectivity index (χ0) is 13.3. The van der Waals surface area contributed by atoms with Crippen LogP contribution in [0.2, 0.25) is 0 Å². The standard InChI is InChI=1S/C16H25NOS/c1-12-10-19-11-14(12)15(17-2)13-5-8-18-16(9-13)6-3-4-7-16/h10-11,13,15,17H,3-9H2,1-2H3. The van der Waals surface area contributed by atoms with Crippen molar-refractivity contribution in [2.45, 2.75) is 57.1 Å². The lowest BCUT2D eigenvalue weighted by Gasteiger charge is -2.41. The molecule has 2 fully saturated rings. The van der Waals surface area contributed by atoms with Crippen LogP contribution < -0.4 is 5.32 Å². The van der Waals surface area contributed by atoms with Gasteiger partial charge in [0.2, 0.25) is 0 Å². The Labute approximate surface area is 120 Å². The predicted molar refractivity (Wildman–Crippen MR) is 80.7 cm³/mol. The Hall–Kier alpha value is -0.380. The van der Waals surface area contributed by atoms with E-state index in [1.807, 2.05) is 11.3 Å². The summed E-state index contributed by atoms with van der Waals surface area (Å²) in [5.41, 5.74) is 3.17. The summed E-state index contributed by atoms with van der Waals surface area (Å²) in [5, 5.41) is 8.17. The summed E-state index contributed by atoms with van der Waals surface area (Å²) >= 11 is 1.83. The smallest absolute Gasteiger partial charge is 0.0686 e. The van der Waals surface area contributed by atoms with Gasteiger partial charge in [0, 0.05) is 12.6 Å². The lowest BCUT2D eigenvalue weighted by molar-refractivity contribution is -0.0979. The maximum atomic E-state index is 6.17. The van der Waals surface area contributed by atoms with Crippen LogP contribution in [-0.4, -0.2) is 19.3 Å². The van der Waals surface area contributed by atoms with Crippen LogP contribution >= 0.6 is 11.3 Å². The molecule has 0 amide bonds. The summed E-state index contributed by atoms with van der Waals surface area (Å²) in [6.07, 6.45) is 7.71. The van der Waals surface area contributed by atoms with Gasteiger partial charge >= 0.3 is 0 Å². The minimum absolute atomic E-state index is 0.224. The molecule has 1 saturated carbocycles. The molecule has 2 aliphatic rings. The SMILES string of the molecule is CNC(c1cscc1C)C1CCOC2(CCCC2)C1. The van der Waals surface area contributed by atoms with Crippen LogP contribution in [0, 0.1) is 12.8 Å². The van der Waals surface area contributed by atoms with Crippen molar-refractivity contribution in [2.24, 2.45) is 5.92 Å². The van der Waals surface area contributed by atoms with Gasteiger partial charge in [-0.15, -0.1) is 0 Å². The van der Waals surface area contributed by atoms with Crippen molar-refractivity contribution in [3.63, 3.8) is 0 Å². The third-order valence-corrected chi connectivity index (χ3v) is 5.94. The van der Waals surface area contributed by atoms with Gasteiger partial charge in [0.05, 0.1) is 5.60 Å². The van der Waals surface area contributed by atoms with E-state index in [1.54, 1.807) is 0 Å². The quantitative estimate of drug-likeness (QED) is 0.901. The molecule has 106 valence electrons. The highest BCUT2D eigenvalue weighted by Gasteiger charge is 2.42. The second kappa shape index (κ2) is 5.55. The van der Waals surface area contributed by atoms with E-state index < -0.39 is 0 Å². The van der Waals surface area contributed by atoms with Crippen LogP contribution in [0.5, 0.6) is 0 Å². The molecule has 1 saturated heterocycles. The molecule has 19 heavy (non-hydrogen) atoms. The Morgan fingerprint density at radius 3 is 2.79 bits per heavy atom. The molecule has 1 aromatic heterocycles. The van der Waals surface area contributed by atoms with Gasteiger partial charge in [-0.2, -0.15) is 11.3 Å². The van der Waals surface area contributed by atoms with Crippen molar-refractivity contribution in [3.8, 4) is 0 Å². The van der Waals surface area contributed by atoms with Crippen molar-refractivity contribution in [1.29, 1.82) is 0 Å². The van der Waals surface area contributed by atoms with Crippen LogP contribution in [0.15, 0.2) is 10.8 Å². The van der Waals surface area contributed by atoms with Gasteiger partial charge in [-0.05, 0) is 67.5 Å². The molecule has 0 aromatic carbocycles. The van der Waals surface area contributed by atoms with E-state index in [-0.39, 0.29) is 5.60 Å². The fourth-order valence-corrected chi connectivity index (χ4v) is 4.94. The van der Waals surface area contributed by atoms with E-state index in [0.29, 0.717) is 6.04 Å². The maximum absolute atomic E-state index is 6.17. The second-order valence-electron chi connectivity index (χ2n) is 6.27. The van der Waals surface area contributed by atoms with Crippen LogP contribution in [0.4, 0.5) is 0 Å². The highest BCUT2D eigenvalue weighted by molar-refractivity contribution is 7.08. The maximum Gasteiger partial charge on any atom is 0.0686 e. The largest absolute Gasteiger partial charge is 0.375 e. The first-order chi connectivity index (χ1) is 9.24. The van der Waals surface area contributed by atoms with Gasteiger partial charge in [-0.3, -0.25) is 0 Å². The Balaban J connectivity index is 1.78. The summed E-state index contributed by atoms with van der Waals surface area (Å²) in [4.78, 5) is 0. The summed E-state index contributed by atoms with van der Waals surface area (Å²) in [7, 11) is 2.11. The average Bonchev–Trinajstić information content (AvgIpc) is 3.02. The lowest BCUT2D eigenvalue weighted by Crippen LogP contribution is -2.41. The zero-order valence-corrected chi connectivity index (χ0v) is 12.9. The minimum atomic E-state index is 0.224. The predicted octanol–water partition coefficient (Wildman–Crippen LogP) is 4.06. The normalized spacial score (nSPS) is 27.8. The number of hydrogen-bond acceptors (Lipinski definition) is 3. The molecule has 1 spiro atoms. The molecular weight excluding hydrogens is 254 g/mol. The molecule has 2 heterocycles. The van der Waals surface area contributed by atoms with Gasteiger partial charge < -0.3 is 10.1 Å². The van der Waals surface area contributed by atoms with E-state index in [9.17, 15) is 0 Å². The summed E-state index contributed by atoms with van der Waals surface area (Å²) in [6, 6.07) is 0.507. The van der Waals surface area contributed by atoms with Crippen molar-refractivity contribution in [1.82, 2.24) is 5.32 Å². The van der Waals surface area contributed by atoms with Gasteiger partial charge in [0.1, 0.15) is 0 Å². The number of aryl methyl sites for hydroxylation is 1. The van der Waals surface area contributed by atoms with Crippen molar-refractivity contribution < 1.29 is 4.74 Å².